The molecule has 4 rings (SSSR count). The van der Waals surface area contributed by atoms with Gasteiger partial charge in [-0.2, -0.15) is 0 Å². The zero-order valence-electron chi connectivity index (χ0n) is 16.4. The van der Waals surface area contributed by atoms with Crippen LogP contribution in [0.25, 0.3) is 0 Å². The fraction of sp³-hybridized carbons (Fsp3) is 0.240. The van der Waals surface area contributed by atoms with Crippen LogP contribution in [0.2, 0.25) is 5.02 Å². The number of aliphatic carboxylic acids is 1. The fourth-order valence-corrected chi connectivity index (χ4v) is 3.99. The summed E-state index contributed by atoms with van der Waals surface area (Å²) in [5.74, 6) is -2.75. The van der Waals surface area contributed by atoms with Crippen LogP contribution in [0.3, 0.4) is 0 Å². The minimum Gasteiger partial charge on any atom is -0.481 e. The van der Waals surface area contributed by atoms with Crippen molar-refractivity contribution in [3.05, 3.63) is 107 Å². The lowest BCUT2D eigenvalue weighted by Gasteiger charge is -2.44. The highest BCUT2D eigenvalue weighted by Gasteiger charge is 2.46. The normalized spacial score (nSPS) is 23.8. The first-order valence-electron chi connectivity index (χ1n) is 9.94. The molecule has 3 aromatic rings. The van der Waals surface area contributed by atoms with Crippen LogP contribution < -0.4 is 0 Å². The molecule has 1 aliphatic rings. The second-order valence-corrected chi connectivity index (χ2v) is 7.96. The van der Waals surface area contributed by atoms with Crippen LogP contribution >= 0.6 is 11.6 Å². The Kier molecular flexibility index (Phi) is 6.18. The monoisotopic (exact) mass is 422 g/mol. The molecule has 3 aromatic carbocycles. The third-order valence-electron chi connectivity index (χ3n) is 5.45. The number of carboxylic acids is 1. The number of halogens is 1. The van der Waals surface area contributed by atoms with Crippen LogP contribution in [-0.4, -0.2) is 23.8 Å². The maximum Gasteiger partial charge on any atom is 0.311 e. The molecule has 0 spiro atoms. The summed E-state index contributed by atoms with van der Waals surface area (Å²) in [5, 5.41) is 10.4. The number of hydrogen-bond donors (Lipinski definition) is 1. The largest absolute Gasteiger partial charge is 0.481 e. The number of rotatable bonds is 6. The minimum absolute atomic E-state index is 0.0717. The fourth-order valence-electron chi connectivity index (χ4n) is 3.87. The quantitative estimate of drug-likeness (QED) is 0.600. The molecule has 0 amide bonds. The van der Waals surface area contributed by atoms with E-state index < -0.39 is 23.8 Å². The zero-order valence-corrected chi connectivity index (χ0v) is 17.2. The van der Waals surface area contributed by atoms with E-state index in [1.807, 2.05) is 72.8 Å². The number of carbonyl (C=O) groups is 1. The van der Waals surface area contributed by atoms with Gasteiger partial charge in [0.15, 0.2) is 5.79 Å². The van der Waals surface area contributed by atoms with Crippen molar-refractivity contribution in [3.8, 4) is 0 Å². The second kappa shape index (κ2) is 9.00. The maximum absolute atomic E-state index is 11.9. The summed E-state index contributed by atoms with van der Waals surface area (Å²) in [6.07, 6.45) is 0.427. The smallest absolute Gasteiger partial charge is 0.311 e. The maximum atomic E-state index is 11.9. The van der Waals surface area contributed by atoms with Gasteiger partial charge in [0.2, 0.25) is 0 Å². The van der Waals surface area contributed by atoms with E-state index in [1.165, 1.54) is 0 Å². The lowest BCUT2D eigenvalue weighted by molar-refractivity contribution is -0.317. The topological polar surface area (TPSA) is 55.8 Å². The van der Waals surface area contributed by atoms with Crippen molar-refractivity contribution in [2.45, 2.75) is 24.7 Å². The molecule has 1 heterocycles. The summed E-state index contributed by atoms with van der Waals surface area (Å²) < 4.78 is 12.7. The Bertz CT molecular complexity index is 975. The molecule has 1 N–H and O–H groups in total. The highest BCUT2D eigenvalue weighted by atomic mass is 35.5. The molecule has 1 aliphatic heterocycles. The number of benzene rings is 3. The average Bonchev–Trinajstić information content (AvgIpc) is 2.75. The Morgan fingerprint density at radius 2 is 1.53 bits per heavy atom. The van der Waals surface area contributed by atoms with Gasteiger partial charge in [0.05, 0.1) is 12.7 Å². The lowest BCUT2D eigenvalue weighted by Crippen LogP contribution is -2.51. The van der Waals surface area contributed by atoms with Crippen LogP contribution in [0.5, 0.6) is 0 Å². The van der Waals surface area contributed by atoms with Crippen LogP contribution in [-0.2, 0) is 32.9 Å². The summed E-state index contributed by atoms with van der Waals surface area (Å²) in [6, 6.07) is 27.1. The molecule has 3 atom stereocenters. The minimum atomic E-state index is -1.09. The van der Waals surface area contributed by atoms with E-state index in [9.17, 15) is 9.90 Å². The Labute approximate surface area is 181 Å². The van der Waals surface area contributed by atoms with Crippen LogP contribution in [0, 0.1) is 5.92 Å². The van der Waals surface area contributed by atoms with E-state index in [2.05, 4.69) is 0 Å². The molecular weight excluding hydrogens is 400 g/mol. The van der Waals surface area contributed by atoms with Gasteiger partial charge in [0.25, 0.3) is 0 Å². The first kappa shape index (κ1) is 20.6. The van der Waals surface area contributed by atoms with Gasteiger partial charge in [-0.1, -0.05) is 84.4 Å². The predicted octanol–water partition coefficient (Wildman–Crippen LogP) is 5.09. The molecule has 0 radical (unpaired) electrons. The van der Waals surface area contributed by atoms with Gasteiger partial charge < -0.3 is 14.6 Å². The number of ether oxygens (including phenoxy) is 2. The number of carboxylic acid groups (broad SMARTS) is 1. The Hall–Kier alpha value is -2.66. The number of hydrogen-bond acceptors (Lipinski definition) is 3. The predicted molar refractivity (Wildman–Crippen MR) is 115 cm³/mol. The van der Waals surface area contributed by atoms with Crippen molar-refractivity contribution >= 4 is 17.6 Å². The third kappa shape index (κ3) is 4.57. The van der Waals surface area contributed by atoms with E-state index in [0.717, 1.165) is 16.7 Å². The van der Waals surface area contributed by atoms with Crippen molar-refractivity contribution < 1.29 is 19.4 Å². The Morgan fingerprint density at radius 1 is 0.933 bits per heavy atom. The average molecular weight is 423 g/mol. The first-order valence-corrected chi connectivity index (χ1v) is 10.3. The molecule has 3 unspecified atom stereocenters. The molecule has 1 saturated heterocycles. The highest BCUT2D eigenvalue weighted by molar-refractivity contribution is 6.30. The molecule has 4 nitrogen and oxygen atoms in total. The van der Waals surface area contributed by atoms with Gasteiger partial charge in [-0.05, 0) is 29.7 Å². The second-order valence-electron chi connectivity index (χ2n) is 7.52. The molecule has 154 valence electrons. The van der Waals surface area contributed by atoms with Gasteiger partial charge in [0.1, 0.15) is 5.92 Å². The summed E-state index contributed by atoms with van der Waals surface area (Å²) >= 11 is 6.10. The van der Waals surface area contributed by atoms with E-state index in [4.69, 9.17) is 21.1 Å². The van der Waals surface area contributed by atoms with Crippen molar-refractivity contribution in [2.24, 2.45) is 5.92 Å². The van der Waals surface area contributed by atoms with Crippen LogP contribution in [0.15, 0.2) is 84.9 Å². The SMILES string of the molecule is O=C(O)C1COC(Cc2ccccc2)(c2ccc(Cl)cc2)OC1Cc1ccccc1. The highest BCUT2D eigenvalue weighted by Crippen LogP contribution is 2.40. The Morgan fingerprint density at radius 3 is 2.13 bits per heavy atom. The molecule has 5 heteroatoms. The zero-order chi connectivity index (χ0) is 21.0. The summed E-state index contributed by atoms with van der Waals surface area (Å²) in [5.41, 5.74) is 2.89. The summed E-state index contributed by atoms with van der Waals surface area (Å²) in [7, 11) is 0. The molecule has 0 bridgehead atoms. The van der Waals surface area contributed by atoms with Gasteiger partial charge >= 0.3 is 5.97 Å². The van der Waals surface area contributed by atoms with Crippen molar-refractivity contribution in [2.75, 3.05) is 6.61 Å². The van der Waals surface area contributed by atoms with E-state index >= 15 is 0 Å². The van der Waals surface area contributed by atoms with Crippen molar-refractivity contribution in [1.29, 1.82) is 0 Å². The van der Waals surface area contributed by atoms with Gasteiger partial charge in [0, 0.05) is 17.0 Å². The summed E-state index contributed by atoms with van der Waals surface area (Å²) in [4.78, 5) is 11.9. The van der Waals surface area contributed by atoms with E-state index in [0.29, 0.717) is 17.9 Å². The molecule has 30 heavy (non-hydrogen) atoms. The van der Waals surface area contributed by atoms with Crippen molar-refractivity contribution in [3.63, 3.8) is 0 Å². The first-order chi connectivity index (χ1) is 14.6. The van der Waals surface area contributed by atoms with Crippen molar-refractivity contribution in [1.82, 2.24) is 0 Å². The lowest BCUT2D eigenvalue weighted by atomic mass is 9.91. The van der Waals surface area contributed by atoms with E-state index in [-0.39, 0.29) is 6.61 Å². The van der Waals surface area contributed by atoms with Gasteiger partial charge in [-0.3, -0.25) is 4.79 Å². The summed E-state index contributed by atoms with van der Waals surface area (Å²) in [6.45, 7) is 0.0717. The molecule has 0 aliphatic carbocycles. The van der Waals surface area contributed by atoms with Crippen LogP contribution in [0.4, 0.5) is 0 Å². The van der Waals surface area contributed by atoms with Gasteiger partial charge in [-0.15, -0.1) is 0 Å². The molecule has 0 saturated carbocycles. The standard InChI is InChI=1S/C25H23ClO4/c26-21-13-11-20(12-14-21)25(16-19-9-5-2-6-10-19)29-17-22(24(27)28)23(30-25)15-18-7-3-1-4-8-18/h1-14,22-23H,15-17H2,(H,27,28). The Balaban J connectivity index is 1.71. The third-order valence-corrected chi connectivity index (χ3v) is 5.70. The molecule has 0 aromatic heterocycles. The van der Waals surface area contributed by atoms with Gasteiger partial charge in [-0.25, -0.2) is 0 Å². The molecular formula is C25H23ClO4. The molecule has 1 fully saturated rings. The van der Waals surface area contributed by atoms with E-state index in [1.54, 1.807) is 12.1 Å². The van der Waals surface area contributed by atoms with Crippen LogP contribution in [0.1, 0.15) is 16.7 Å².